The summed E-state index contributed by atoms with van der Waals surface area (Å²) in [5.74, 6) is 0.653. The number of anilines is 1. The van der Waals surface area contributed by atoms with Crippen LogP contribution < -0.4 is 4.90 Å². The van der Waals surface area contributed by atoms with Crippen molar-refractivity contribution >= 4 is 5.69 Å². The van der Waals surface area contributed by atoms with Gasteiger partial charge in [-0.15, -0.1) is 0 Å². The molecule has 0 N–H and O–H groups in total. The van der Waals surface area contributed by atoms with Crippen molar-refractivity contribution in [3.05, 3.63) is 24.0 Å². The van der Waals surface area contributed by atoms with Gasteiger partial charge in [0.2, 0.25) is 0 Å². The number of nitrogens with zero attached hydrogens (tertiary/aromatic N) is 3. The molecule has 0 radical (unpaired) electrons. The predicted molar refractivity (Wildman–Crippen MR) is 65.8 cm³/mol. The van der Waals surface area contributed by atoms with Gasteiger partial charge in [-0.1, -0.05) is 0 Å². The molecule has 0 spiro atoms. The van der Waals surface area contributed by atoms with Crippen LogP contribution in [0.15, 0.2) is 18.5 Å². The van der Waals surface area contributed by atoms with Gasteiger partial charge in [0.1, 0.15) is 6.07 Å². The van der Waals surface area contributed by atoms with E-state index in [1.165, 1.54) is 0 Å². The monoisotopic (exact) mass is 231 g/mol. The van der Waals surface area contributed by atoms with E-state index in [2.05, 4.69) is 16.0 Å². The quantitative estimate of drug-likeness (QED) is 0.796. The topological polar surface area (TPSA) is 49.1 Å². The molecule has 4 nitrogen and oxygen atoms in total. The molecule has 2 rings (SSSR count). The van der Waals surface area contributed by atoms with Crippen molar-refractivity contribution in [1.82, 2.24) is 4.98 Å². The Labute approximate surface area is 102 Å². The Kier molecular flexibility index (Phi) is 3.94. The predicted octanol–water partition coefficient (Wildman–Crippen LogP) is 1.82. The maximum atomic E-state index is 9.05. The first-order valence-corrected chi connectivity index (χ1v) is 5.94. The number of rotatable bonds is 3. The average Bonchev–Trinajstić information content (AvgIpc) is 2.40. The van der Waals surface area contributed by atoms with Crippen molar-refractivity contribution in [1.29, 1.82) is 5.26 Å². The highest BCUT2D eigenvalue weighted by Gasteiger charge is 2.17. The van der Waals surface area contributed by atoms with Crippen molar-refractivity contribution in [3.8, 4) is 6.07 Å². The van der Waals surface area contributed by atoms with E-state index < -0.39 is 0 Å². The molecule has 1 aromatic heterocycles. The molecule has 0 bridgehead atoms. The Morgan fingerprint density at radius 1 is 1.53 bits per heavy atom. The Bertz CT molecular complexity index is 407. The summed E-state index contributed by atoms with van der Waals surface area (Å²) in [7, 11) is 2.02. The van der Waals surface area contributed by atoms with Crippen LogP contribution in [0, 0.1) is 17.2 Å². The third-order valence-corrected chi connectivity index (χ3v) is 3.20. The van der Waals surface area contributed by atoms with E-state index in [-0.39, 0.29) is 0 Å². The largest absolute Gasteiger partial charge is 0.381 e. The van der Waals surface area contributed by atoms with Crippen molar-refractivity contribution in [2.75, 3.05) is 31.7 Å². The summed E-state index contributed by atoms with van der Waals surface area (Å²) in [5.41, 5.74) is 1.61. The Morgan fingerprint density at radius 3 is 3.00 bits per heavy atom. The van der Waals surface area contributed by atoms with Crippen molar-refractivity contribution in [3.63, 3.8) is 0 Å². The molecule has 0 atom stereocenters. The third kappa shape index (κ3) is 2.95. The van der Waals surface area contributed by atoms with Gasteiger partial charge in [0.15, 0.2) is 0 Å². The van der Waals surface area contributed by atoms with E-state index in [4.69, 9.17) is 10.00 Å². The molecule has 1 aliphatic rings. The maximum absolute atomic E-state index is 9.05. The molecule has 17 heavy (non-hydrogen) atoms. The molecule has 0 unspecified atom stereocenters. The second kappa shape index (κ2) is 5.65. The standard InChI is InChI=1S/C13H17N3O/c1-16(10-11-3-6-17-7-4-11)13-9-15-5-2-12(13)8-14/h2,5,9,11H,3-4,6-7,10H2,1H3. The van der Waals surface area contributed by atoms with Crippen molar-refractivity contribution in [2.24, 2.45) is 5.92 Å². The van der Waals surface area contributed by atoms with Gasteiger partial charge in [0, 0.05) is 33.0 Å². The average molecular weight is 231 g/mol. The minimum atomic E-state index is 0.653. The molecule has 4 heteroatoms. The molecule has 0 aliphatic carbocycles. The van der Waals surface area contributed by atoms with Crippen LogP contribution in [0.4, 0.5) is 5.69 Å². The van der Waals surface area contributed by atoms with Gasteiger partial charge in [-0.3, -0.25) is 4.98 Å². The first-order chi connectivity index (χ1) is 8.31. The normalized spacial score (nSPS) is 16.5. The summed E-state index contributed by atoms with van der Waals surface area (Å²) < 4.78 is 5.35. The minimum absolute atomic E-state index is 0.653. The van der Waals surface area contributed by atoms with Crippen molar-refractivity contribution in [2.45, 2.75) is 12.8 Å². The van der Waals surface area contributed by atoms with Crippen LogP contribution in [0.5, 0.6) is 0 Å². The molecule has 0 amide bonds. The lowest BCUT2D eigenvalue weighted by Gasteiger charge is -2.28. The van der Waals surface area contributed by atoms with E-state index in [1.54, 1.807) is 18.5 Å². The second-order valence-corrected chi connectivity index (χ2v) is 4.44. The van der Waals surface area contributed by atoms with Crippen LogP contribution in [0.25, 0.3) is 0 Å². The van der Waals surface area contributed by atoms with Gasteiger partial charge in [0.25, 0.3) is 0 Å². The van der Waals surface area contributed by atoms with E-state index in [0.29, 0.717) is 11.5 Å². The SMILES string of the molecule is CN(CC1CCOCC1)c1cnccc1C#N. The van der Waals surface area contributed by atoms with Gasteiger partial charge in [0.05, 0.1) is 17.4 Å². The zero-order valence-corrected chi connectivity index (χ0v) is 10.1. The molecule has 1 fully saturated rings. The molecule has 0 saturated carbocycles. The second-order valence-electron chi connectivity index (χ2n) is 4.44. The molecule has 1 aliphatic heterocycles. The van der Waals surface area contributed by atoms with E-state index in [1.807, 2.05) is 7.05 Å². The summed E-state index contributed by atoms with van der Waals surface area (Å²) in [5, 5.41) is 9.05. The van der Waals surface area contributed by atoms with Gasteiger partial charge in [-0.2, -0.15) is 5.26 Å². The summed E-state index contributed by atoms with van der Waals surface area (Å²) in [6.45, 7) is 2.68. The van der Waals surface area contributed by atoms with Gasteiger partial charge >= 0.3 is 0 Å². The Morgan fingerprint density at radius 2 is 2.29 bits per heavy atom. The van der Waals surface area contributed by atoms with E-state index >= 15 is 0 Å². The van der Waals surface area contributed by atoms with Crippen LogP contribution in [0.2, 0.25) is 0 Å². The molecule has 1 saturated heterocycles. The highest BCUT2D eigenvalue weighted by Crippen LogP contribution is 2.21. The first kappa shape index (κ1) is 11.9. The lowest BCUT2D eigenvalue weighted by Crippen LogP contribution is -2.30. The molecular weight excluding hydrogens is 214 g/mol. The molecular formula is C13H17N3O. The maximum Gasteiger partial charge on any atom is 0.101 e. The molecule has 2 heterocycles. The third-order valence-electron chi connectivity index (χ3n) is 3.20. The summed E-state index contributed by atoms with van der Waals surface area (Å²) in [6.07, 6.45) is 5.63. The number of hydrogen-bond acceptors (Lipinski definition) is 4. The number of hydrogen-bond donors (Lipinski definition) is 0. The number of aromatic nitrogens is 1. The van der Waals surface area contributed by atoms with E-state index in [9.17, 15) is 0 Å². The van der Waals surface area contributed by atoms with Crippen LogP contribution in [0.1, 0.15) is 18.4 Å². The van der Waals surface area contributed by atoms with Crippen LogP contribution >= 0.6 is 0 Å². The minimum Gasteiger partial charge on any atom is -0.381 e. The van der Waals surface area contributed by atoms with Crippen LogP contribution in [0.3, 0.4) is 0 Å². The number of ether oxygens (including phenoxy) is 1. The lowest BCUT2D eigenvalue weighted by atomic mass is 9.99. The zero-order valence-electron chi connectivity index (χ0n) is 10.1. The fraction of sp³-hybridized carbons (Fsp3) is 0.538. The summed E-state index contributed by atoms with van der Waals surface area (Å²) in [4.78, 5) is 6.22. The lowest BCUT2D eigenvalue weighted by molar-refractivity contribution is 0.0685. The Balaban J connectivity index is 2.03. The van der Waals surface area contributed by atoms with E-state index in [0.717, 1.165) is 38.3 Å². The zero-order chi connectivity index (χ0) is 12.1. The van der Waals surface area contributed by atoms with Crippen LogP contribution in [-0.2, 0) is 4.74 Å². The summed E-state index contributed by atoms with van der Waals surface area (Å²) >= 11 is 0. The van der Waals surface area contributed by atoms with Gasteiger partial charge < -0.3 is 9.64 Å². The fourth-order valence-corrected chi connectivity index (χ4v) is 2.20. The summed E-state index contributed by atoms with van der Waals surface area (Å²) in [6, 6.07) is 3.97. The Hall–Kier alpha value is -1.60. The molecule has 0 aromatic carbocycles. The van der Waals surface area contributed by atoms with Gasteiger partial charge in [-0.25, -0.2) is 0 Å². The highest BCUT2D eigenvalue weighted by atomic mass is 16.5. The van der Waals surface area contributed by atoms with Crippen molar-refractivity contribution < 1.29 is 4.74 Å². The van der Waals surface area contributed by atoms with Crippen LogP contribution in [-0.4, -0.2) is 31.8 Å². The molecule has 1 aromatic rings. The highest BCUT2D eigenvalue weighted by molar-refractivity contribution is 5.56. The van der Waals surface area contributed by atoms with Gasteiger partial charge in [-0.05, 0) is 24.8 Å². The first-order valence-electron chi connectivity index (χ1n) is 5.94. The number of nitriles is 1. The molecule has 90 valence electrons. The number of pyridine rings is 1. The smallest absolute Gasteiger partial charge is 0.101 e. The fourth-order valence-electron chi connectivity index (χ4n) is 2.20.